The van der Waals surface area contributed by atoms with Gasteiger partial charge >= 0.3 is 0 Å². The predicted octanol–water partition coefficient (Wildman–Crippen LogP) is 6.17. The monoisotopic (exact) mass is 458 g/mol. The smallest absolute Gasteiger partial charge is 0.216 e. The first kappa shape index (κ1) is 17.9. The number of hydrogen-bond acceptors (Lipinski definition) is 4. The number of rotatable bonds is 4. The molecule has 0 aliphatic heterocycles. The van der Waals surface area contributed by atoms with Crippen molar-refractivity contribution in [2.45, 2.75) is 0 Å². The minimum atomic E-state index is 0.374. The summed E-state index contributed by atoms with van der Waals surface area (Å²) in [6.45, 7) is 0. The zero-order valence-electron chi connectivity index (χ0n) is 13.8. The maximum Gasteiger partial charge on any atom is 0.216 e. The highest BCUT2D eigenvalue weighted by molar-refractivity contribution is 9.10. The van der Waals surface area contributed by atoms with Crippen LogP contribution in [0.25, 0.3) is 22.7 Å². The van der Waals surface area contributed by atoms with Crippen LogP contribution in [0.2, 0.25) is 5.02 Å². The number of halogens is 2. The Morgan fingerprint density at radius 2 is 2.00 bits per heavy atom. The van der Waals surface area contributed by atoms with Gasteiger partial charge in [-0.15, -0.1) is 0 Å². The van der Waals surface area contributed by atoms with E-state index in [4.69, 9.17) is 28.2 Å². The molecule has 0 aliphatic rings. The Kier molecular flexibility index (Phi) is 5.07. The summed E-state index contributed by atoms with van der Waals surface area (Å²) in [5.41, 5.74) is 1.78. The summed E-state index contributed by atoms with van der Waals surface area (Å²) in [5, 5.41) is 12.0. The van der Waals surface area contributed by atoms with Crippen LogP contribution >= 0.6 is 39.7 Å². The number of aromatic amines is 1. The van der Waals surface area contributed by atoms with Gasteiger partial charge in [-0.1, -0.05) is 57.9 Å². The zero-order chi connectivity index (χ0) is 18.8. The Hall–Kier alpha value is -2.48. The molecule has 0 saturated heterocycles. The number of nitrogens with zero attached hydrogens (tertiary/aromatic N) is 3. The second-order valence-electron chi connectivity index (χ2n) is 5.60. The Morgan fingerprint density at radius 3 is 2.81 bits per heavy atom. The standard InChI is InChI=1S/C19H12BrClN4OS/c20-16-7-2-1-6-15(16)17-9-8-14(26-17)11-22-25-18(23-24-19(25)27)12-4-3-5-13(21)10-12/h1-11H,(H,24,27)/b22-11+. The summed E-state index contributed by atoms with van der Waals surface area (Å²) in [6, 6.07) is 18.9. The van der Waals surface area contributed by atoms with Crippen molar-refractivity contribution in [1.82, 2.24) is 14.9 Å². The van der Waals surface area contributed by atoms with Gasteiger partial charge in [-0.05, 0) is 42.5 Å². The van der Waals surface area contributed by atoms with Gasteiger partial charge in [-0.25, -0.2) is 5.10 Å². The van der Waals surface area contributed by atoms with Crippen molar-refractivity contribution in [3.8, 4) is 22.7 Å². The lowest BCUT2D eigenvalue weighted by atomic mass is 10.2. The Balaban J connectivity index is 1.66. The van der Waals surface area contributed by atoms with Gasteiger partial charge in [0.15, 0.2) is 5.82 Å². The van der Waals surface area contributed by atoms with Crippen molar-refractivity contribution in [2.75, 3.05) is 0 Å². The van der Waals surface area contributed by atoms with Crippen molar-refractivity contribution < 1.29 is 4.42 Å². The van der Waals surface area contributed by atoms with E-state index in [1.165, 1.54) is 4.68 Å². The highest BCUT2D eigenvalue weighted by Gasteiger charge is 2.10. The molecule has 0 aliphatic carbocycles. The van der Waals surface area contributed by atoms with Gasteiger partial charge in [0.2, 0.25) is 4.77 Å². The fourth-order valence-electron chi connectivity index (χ4n) is 2.56. The SMILES string of the molecule is S=c1[nH]nc(-c2cccc(Cl)c2)n1/N=C/c1ccc(-c2ccccc2Br)o1. The third-order valence-electron chi connectivity index (χ3n) is 3.80. The molecular weight excluding hydrogens is 448 g/mol. The van der Waals surface area contributed by atoms with Crippen molar-refractivity contribution in [1.29, 1.82) is 0 Å². The van der Waals surface area contributed by atoms with Crippen molar-refractivity contribution in [3.63, 3.8) is 0 Å². The van der Waals surface area contributed by atoms with Crippen molar-refractivity contribution >= 4 is 46.0 Å². The first-order valence-corrected chi connectivity index (χ1v) is 9.52. The van der Waals surface area contributed by atoms with Gasteiger partial charge < -0.3 is 4.42 Å². The minimum absolute atomic E-state index is 0.374. The van der Waals surface area contributed by atoms with E-state index in [0.29, 0.717) is 21.4 Å². The highest BCUT2D eigenvalue weighted by Crippen LogP contribution is 2.29. The fourth-order valence-corrected chi connectivity index (χ4v) is 3.41. The van der Waals surface area contributed by atoms with Crippen LogP contribution in [0, 0.1) is 4.77 Å². The predicted molar refractivity (Wildman–Crippen MR) is 113 cm³/mol. The quantitative estimate of drug-likeness (QED) is 0.293. The molecule has 2 heterocycles. The maximum atomic E-state index is 6.07. The zero-order valence-corrected chi connectivity index (χ0v) is 16.9. The van der Waals surface area contributed by atoms with Crippen LogP contribution in [0.3, 0.4) is 0 Å². The molecule has 0 atom stereocenters. The van der Waals surface area contributed by atoms with E-state index < -0.39 is 0 Å². The normalized spacial score (nSPS) is 11.3. The summed E-state index contributed by atoms with van der Waals surface area (Å²) >= 11 is 14.9. The topological polar surface area (TPSA) is 59.1 Å². The second kappa shape index (κ2) is 7.64. The lowest BCUT2D eigenvalue weighted by Gasteiger charge is -2.01. The van der Waals surface area contributed by atoms with E-state index in [9.17, 15) is 0 Å². The molecule has 0 radical (unpaired) electrons. The molecule has 4 aromatic rings. The average molecular weight is 460 g/mol. The number of benzene rings is 2. The van der Waals surface area contributed by atoms with E-state index in [1.54, 1.807) is 18.3 Å². The number of hydrogen-bond donors (Lipinski definition) is 1. The molecular formula is C19H12BrClN4OS. The van der Waals surface area contributed by atoms with Gasteiger partial charge in [-0.3, -0.25) is 0 Å². The van der Waals surface area contributed by atoms with Gasteiger partial charge in [0, 0.05) is 20.6 Å². The molecule has 0 fully saturated rings. The molecule has 2 aromatic carbocycles. The molecule has 0 amide bonds. The first-order chi connectivity index (χ1) is 13.1. The summed E-state index contributed by atoms with van der Waals surface area (Å²) in [7, 11) is 0. The Morgan fingerprint density at radius 1 is 1.15 bits per heavy atom. The third kappa shape index (κ3) is 3.80. The lowest BCUT2D eigenvalue weighted by molar-refractivity contribution is 0.574. The first-order valence-electron chi connectivity index (χ1n) is 7.94. The van der Waals surface area contributed by atoms with Gasteiger partial charge in [0.25, 0.3) is 0 Å². The third-order valence-corrected chi connectivity index (χ3v) is 4.99. The minimum Gasteiger partial charge on any atom is -0.455 e. The highest BCUT2D eigenvalue weighted by atomic mass is 79.9. The molecule has 27 heavy (non-hydrogen) atoms. The van der Waals surface area contributed by atoms with Crippen LogP contribution < -0.4 is 0 Å². The average Bonchev–Trinajstić information content (AvgIpc) is 3.27. The fraction of sp³-hybridized carbons (Fsp3) is 0. The molecule has 4 rings (SSSR count). The van der Waals surface area contributed by atoms with E-state index >= 15 is 0 Å². The molecule has 5 nitrogen and oxygen atoms in total. The number of H-pyrrole nitrogens is 1. The second-order valence-corrected chi connectivity index (χ2v) is 7.28. The summed E-state index contributed by atoms with van der Waals surface area (Å²) in [5.74, 6) is 1.91. The van der Waals surface area contributed by atoms with E-state index in [1.807, 2.05) is 48.5 Å². The lowest BCUT2D eigenvalue weighted by Crippen LogP contribution is -1.94. The molecule has 0 spiro atoms. The van der Waals surface area contributed by atoms with Crippen LogP contribution in [-0.2, 0) is 0 Å². The van der Waals surface area contributed by atoms with Crippen LogP contribution in [0.1, 0.15) is 5.76 Å². The molecule has 0 bridgehead atoms. The summed E-state index contributed by atoms with van der Waals surface area (Å²) < 4.78 is 8.74. The van der Waals surface area contributed by atoms with Gasteiger partial charge in [0.1, 0.15) is 11.5 Å². The molecule has 1 N–H and O–H groups in total. The number of aromatic nitrogens is 3. The summed E-state index contributed by atoms with van der Waals surface area (Å²) in [6.07, 6.45) is 1.60. The molecule has 2 aromatic heterocycles. The van der Waals surface area contributed by atoms with Crippen LogP contribution in [-0.4, -0.2) is 21.1 Å². The van der Waals surface area contributed by atoms with Gasteiger partial charge in [0.05, 0.1) is 6.21 Å². The van der Waals surface area contributed by atoms with Crippen molar-refractivity contribution in [3.05, 3.63) is 80.7 Å². The number of furan rings is 1. The Labute approximate surface area is 173 Å². The summed E-state index contributed by atoms with van der Waals surface area (Å²) in [4.78, 5) is 0. The largest absolute Gasteiger partial charge is 0.455 e. The van der Waals surface area contributed by atoms with E-state index in [0.717, 1.165) is 21.4 Å². The van der Waals surface area contributed by atoms with Crippen molar-refractivity contribution in [2.24, 2.45) is 5.10 Å². The molecule has 0 saturated carbocycles. The maximum absolute atomic E-state index is 6.07. The van der Waals surface area contributed by atoms with E-state index in [2.05, 4.69) is 31.2 Å². The van der Waals surface area contributed by atoms with E-state index in [-0.39, 0.29) is 0 Å². The van der Waals surface area contributed by atoms with Crippen LogP contribution in [0.5, 0.6) is 0 Å². The molecule has 8 heteroatoms. The number of nitrogens with one attached hydrogen (secondary N) is 1. The van der Waals surface area contributed by atoms with Crippen LogP contribution in [0.15, 0.2) is 74.7 Å². The molecule has 0 unspecified atom stereocenters. The molecule has 134 valence electrons. The Bertz CT molecular complexity index is 1190. The van der Waals surface area contributed by atoms with Crippen LogP contribution in [0.4, 0.5) is 0 Å². The van der Waals surface area contributed by atoms with Gasteiger partial charge in [-0.2, -0.15) is 14.9 Å².